The summed E-state index contributed by atoms with van der Waals surface area (Å²) < 4.78 is 5.81. The minimum absolute atomic E-state index is 0.104. The summed E-state index contributed by atoms with van der Waals surface area (Å²) in [6.45, 7) is 4.84. The van der Waals surface area contributed by atoms with Crippen molar-refractivity contribution in [3.8, 4) is 5.75 Å². The highest BCUT2D eigenvalue weighted by molar-refractivity contribution is 5.73. The number of nitrogens with zero attached hydrogens (tertiary/aromatic N) is 1. The predicted octanol–water partition coefficient (Wildman–Crippen LogP) is 2.66. The molecular formula is C17H21N3O2. The van der Waals surface area contributed by atoms with E-state index < -0.39 is 0 Å². The highest BCUT2D eigenvalue weighted by Crippen LogP contribution is 2.17. The molecule has 5 heteroatoms. The Balaban J connectivity index is 1.71. The van der Waals surface area contributed by atoms with E-state index in [1.54, 1.807) is 12.4 Å². The molecule has 0 aliphatic rings. The topological polar surface area (TPSA) is 63.2 Å². The van der Waals surface area contributed by atoms with Crippen LogP contribution in [0.15, 0.2) is 48.8 Å². The molecule has 2 amide bonds. The van der Waals surface area contributed by atoms with Gasteiger partial charge in [-0.1, -0.05) is 18.2 Å². The van der Waals surface area contributed by atoms with Crippen molar-refractivity contribution >= 4 is 6.03 Å². The third-order valence-corrected chi connectivity index (χ3v) is 3.17. The average molecular weight is 299 g/mol. The van der Waals surface area contributed by atoms with Crippen LogP contribution in [0, 0.1) is 6.92 Å². The number of aromatic nitrogens is 1. The SMILES string of the molecule is Cc1ccccc1OC(C)CNC(=O)NCc1ccncc1. The molecule has 1 aromatic carbocycles. The van der Waals surface area contributed by atoms with E-state index in [1.807, 2.05) is 50.2 Å². The fourth-order valence-corrected chi connectivity index (χ4v) is 1.93. The van der Waals surface area contributed by atoms with Crippen molar-refractivity contribution < 1.29 is 9.53 Å². The zero-order valence-electron chi connectivity index (χ0n) is 12.9. The summed E-state index contributed by atoms with van der Waals surface area (Å²) >= 11 is 0. The maximum atomic E-state index is 11.7. The smallest absolute Gasteiger partial charge is 0.315 e. The van der Waals surface area contributed by atoms with Gasteiger partial charge < -0.3 is 15.4 Å². The molecule has 1 heterocycles. The van der Waals surface area contributed by atoms with Crippen LogP contribution in [0.3, 0.4) is 0 Å². The summed E-state index contributed by atoms with van der Waals surface area (Å²) in [4.78, 5) is 15.7. The summed E-state index contributed by atoms with van der Waals surface area (Å²) in [5.74, 6) is 0.842. The molecule has 2 aromatic rings. The van der Waals surface area contributed by atoms with Gasteiger partial charge in [0.2, 0.25) is 0 Å². The van der Waals surface area contributed by atoms with Gasteiger partial charge in [0.15, 0.2) is 0 Å². The van der Waals surface area contributed by atoms with Crippen LogP contribution in [-0.4, -0.2) is 23.7 Å². The molecule has 0 bridgehead atoms. The van der Waals surface area contributed by atoms with Gasteiger partial charge in [-0.05, 0) is 43.2 Å². The number of hydrogen-bond donors (Lipinski definition) is 2. The van der Waals surface area contributed by atoms with Gasteiger partial charge in [0, 0.05) is 18.9 Å². The first-order valence-corrected chi connectivity index (χ1v) is 7.28. The van der Waals surface area contributed by atoms with Crippen LogP contribution in [-0.2, 0) is 6.54 Å². The van der Waals surface area contributed by atoms with E-state index in [-0.39, 0.29) is 12.1 Å². The van der Waals surface area contributed by atoms with Gasteiger partial charge in [-0.25, -0.2) is 4.79 Å². The van der Waals surface area contributed by atoms with Crippen LogP contribution in [0.25, 0.3) is 0 Å². The van der Waals surface area contributed by atoms with Gasteiger partial charge in [-0.15, -0.1) is 0 Å². The summed E-state index contributed by atoms with van der Waals surface area (Å²) in [5.41, 5.74) is 2.09. The number of carbonyl (C=O) groups is 1. The fraction of sp³-hybridized carbons (Fsp3) is 0.294. The first kappa shape index (κ1) is 15.8. The number of nitrogens with one attached hydrogen (secondary N) is 2. The van der Waals surface area contributed by atoms with Crippen molar-refractivity contribution in [1.29, 1.82) is 0 Å². The number of rotatable bonds is 6. The first-order chi connectivity index (χ1) is 10.6. The molecule has 0 aliphatic carbocycles. The van der Waals surface area contributed by atoms with Crippen LogP contribution in [0.2, 0.25) is 0 Å². The maximum absolute atomic E-state index is 11.7. The molecule has 2 rings (SSSR count). The Labute approximate surface area is 130 Å². The Kier molecular flexibility index (Phi) is 5.77. The van der Waals surface area contributed by atoms with E-state index in [4.69, 9.17) is 4.74 Å². The Morgan fingerprint density at radius 1 is 1.18 bits per heavy atom. The molecule has 0 saturated carbocycles. The van der Waals surface area contributed by atoms with Gasteiger partial charge in [-0.2, -0.15) is 0 Å². The zero-order chi connectivity index (χ0) is 15.8. The molecule has 0 fully saturated rings. The standard InChI is InChI=1S/C17H21N3O2/c1-13-5-3-4-6-16(13)22-14(2)11-19-17(21)20-12-15-7-9-18-10-8-15/h3-10,14H,11-12H2,1-2H3,(H2,19,20,21). The third kappa shape index (κ3) is 5.09. The van der Waals surface area contributed by atoms with Crippen LogP contribution < -0.4 is 15.4 Å². The molecule has 0 saturated heterocycles. The van der Waals surface area contributed by atoms with Gasteiger partial charge in [0.1, 0.15) is 11.9 Å². The molecule has 0 radical (unpaired) electrons. The van der Waals surface area contributed by atoms with Gasteiger partial charge >= 0.3 is 6.03 Å². The number of aryl methyl sites for hydroxylation is 1. The molecule has 1 atom stereocenters. The van der Waals surface area contributed by atoms with E-state index >= 15 is 0 Å². The number of para-hydroxylation sites is 1. The van der Waals surface area contributed by atoms with E-state index in [0.29, 0.717) is 13.1 Å². The normalized spacial score (nSPS) is 11.5. The lowest BCUT2D eigenvalue weighted by molar-refractivity contribution is 0.206. The maximum Gasteiger partial charge on any atom is 0.315 e. The minimum atomic E-state index is -0.211. The second-order valence-electron chi connectivity index (χ2n) is 5.11. The molecule has 1 aromatic heterocycles. The number of hydrogen-bond acceptors (Lipinski definition) is 3. The zero-order valence-corrected chi connectivity index (χ0v) is 12.9. The lowest BCUT2D eigenvalue weighted by Gasteiger charge is -2.17. The molecule has 0 spiro atoms. The average Bonchev–Trinajstić information content (AvgIpc) is 2.54. The van der Waals surface area contributed by atoms with Crippen LogP contribution >= 0.6 is 0 Å². The number of pyridine rings is 1. The van der Waals surface area contributed by atoms with E-state index in [2.05, 4.69) is 15.6 Å². The van der Waals surface area contributed by atoms with Crippen LogP contribution in [0.1, 0.15) is 18.1 Å². The van der Waals surface area contributed by atoms with Gasteiger partial charge in [0.25, 0.3) is 0 Å². The monoisotopic (exact) mass is 299 g/mol. The molecule has 116 valence electrons. The second kappa shape index (κ2) is 8.02. The van der Waals surface area contributed by atoms with E-state index in [1.165, 1.54) is 0 Å². The molecule has 5 nitrogen and oxygen atoms in total. The second-order valence-corrected chi connectivity index (χ2v) is 5.11. The lowest BCUT2D eigenvalue weighted by Crippen LogP contribution is -2.40. The number of ether oxygens (including phenoxy) is 1. The number of urea groups is 1. The van der Waals surface area contributed by atoms with Crippen molar-refractivity contribution in [2.45, 2.75) is 26.5 Å². The Hall–Kier alpha value is -2.56. The molecular weight excluding hydrogens is 278 g/mol. The highest BCUT2D eigenvalue weighted by Gasteiger charge is 2.08. The van der Waals surface area contributed by atoms with Crippen molar-refractivity contribution in [3.63, 3.8) is 0 Å². The number of amides is 2. The summed E-state index contributed by atoms with van der Waals surface area (Å²) in [6, 6.07) is 11.3. The highest BCUT2D eigenvalue weighted by atomic mass is 16.5. The molecule has 0 aliphatic heterocycles. The van der Waals surface area contributed by atoms with Gasteiger partial charge in [-0.3, -0.25) is 4.98 Å². The Morgan fingerprint density at radius 2 is 1.91 bits per heavy atom. The Morgan fingerprint density at radius 3 is 2.64 bits per heavy atom. The van der Waals surface area contributed by atoms with E-state index in [0.717, 1.165) is 16.9 Å². The predicted molar refractivity (Wildman–Crippen MR) is 85.7 cm³/mol. The van der Waals surface area contributed by atoms with Crippen LogP contribution in [0.5, 0.6) is 5.75 Å². The first-order valence-electron chi connectivity index (χ1n) is 7.28. The largest absolute Gasteiger partial charge is 0.489 e. The third-order valence-electron chi connectivity index (χ3n) is 3.17. The van der Waals surface area contributed by atoms with Crippen molar-refractivity contribution in [1.82, 2.24) is 15.6 Å². The van der Waals surface area contributed by atoms with Gasteiger partial charge in [0.05, 0.1) is 6.54 Å². The van der Waals surface area contributed by atoms with Crippen molar-refractivity contribution in [3.05, 3.63) is 59.9 Å². The molecule has 22 heavy (non-hydrogen) atoms. The fourth-order valence-electron chi connectivity index (χ4n) is 1.93. The van der Waals surface area contributed by atoms with E-state index in [9.17, 15) is 4.79 Å². The quantitative estimate of drug-likeness (QED) is 0.862. The minimum Gasteiger partial charge on any atom is -0.489 e. The van der Waals surface area contributed by atoms with Crippen LogP contribution in [0.4, 0.5) is 4.79 Å². The number of carbonyl (C=O) groups excluding carboxylic acids is 1. The summed E-state index contributed by atoms with van der Waals surface area (Å²) in [6.07, 6.45) is 3.30. The van der Waals surface area contributed by atoms with Crippen molar-refractivity contribution in [2.75, 3.05) is 6.54 Å². The lowest BCUT2D eigenvalue weighted by atomic mass is 10.2. The molecule has 1 unspecified atom stereocenters. The molecule has 2 N–H and O–H groups in total. The summed E-state index contributed by atoms with van der Waals surface area (Å²) in [5, 5.41) is 5.60. The Bertz CT molecular complexity index is 602. The van der Waals surface area contributed by atoms with Crippen molar-refractivity contribution in [2.24, 2.45) is 0 Å². The number of benzene rings is 1. The summed E-state index contributed by atoms with van der Waals surface area (Å²) in [7, 11) is 0.